The van der Waals surface area contributed by atoms with E-state index in [0.717, 1.165) is 22.4 Å². The molecular formula is C11H13NO2. The molecule has 1 aliphatic heterocycles. The van der Waals surface area contributed by atoms with E-state index in [0.29, 0.717) is 0 Å². The summed E-state index contributed by atoms with van der Waals surface area (Å²) in [6.45, 7) is 3.97. The Labute approximate surface area is 83.1 Å². The van der Waals surface area contributed by atoms with E-state index in [4.69, 9.17) is 15.2 Å². The van der Waals surface area contributed by atoms with E-state index in [1.165, 1.54) is 0 Å². The molecule has 3 nitrogen and oxygen atoms in total. The third kappa shape index (κ3) is 1.41. The molecule has 1 aromatic carbocycles. The minimum absolute atomic E-state index is 0.311. The monoisotopic (exact) mass is 191 g/mol. The van der Waals surface area contributed by atoms with Crippen LogP contribution in [0.1, 0.15) is 23.0 Å². The second kappa shape index (κ2) is 3.25. The molecule has 1 aromatic rings. The summed E-state index contributed by atoms with van der Waals surface area (Å²) in [5.41, 5.74) is 9.75. The van der Waals surface area contributed by atoms with Gasteiger partial charge in [0.2, 0.25) is 0 Å². The van der Waals surface area contributed by atoms with Gasteiger partial charge in [0.15, 0.2) is 0 Å². The lowest BCUT2D eigenvalue weighted by Crippen LogP contribution is -2.03. The Bertz CT molecular complexity index is 377. The largest absolute Gasteiger partial charge is 0.455 e. The third-order valence-electron chi connectivity index (χ3n) is 2.37. The fraction of sp³-hybridized carbons (Fsp3) is 0.273. The molecule has 0 aromatic heterocycles. The Hall–Kier alpha value is -1.64. The maximum Gasteiger partial charge on any atom is 0.266 e. The molecule has 0 radical (unpaired) electrons. The summed E-state index contributed by atoms with van der Waals surface area (Å²) < 4.78 is 10.5. The minimum Gasteiger partial charge on any atom is -0.455 e. The molecule has 0 spiro atoms. The van der Waals surface area contributed by atoms with Crippen molar-refractivity contribution in [1.82, 2.24) is 0 Å². The molecule has 0 atom stereocenters. The van der Waals surface area contributed by atoms with Crippen LogP contribution in [0.15, 0.2) is 24.7 Å². The van der Waals surface area contributed by atoms with Crippen molar-refractivity contribution in [3.8, 4) is 0 Å². The van der Waals surface area contributed by atoms with Gasteiger partial charge in [-0.05, 0) is 37.1 Å². The van der Waals surface area contributed by atoms with Crippen molar-refractivity contribution in [2.24, 2.45) is 0 Å². The van der Waals surface area contributed by atoms with Crippen LogP contribution in [-0.4, -0.2) is 0 Å². The van der Waals surface area contributed by atoms with Crippen molar-refractivity contribution in [2.75, 3.05) is 5.73 Å². The topological polar surface area (TPSA) is 44.5 Å². The lowest BCUT2D eigenvalue weighted by molar-refractivity contribution is -0.0250. The highest BCUT2D eigenvalue weighted by Crippen LogP contribution is 2.29. The summed E-state index contributed by atoms with van der Waals surface area (Å²) in [5, 5.41) is 0. The van der Waals surface area contributed by atoms with Gasteiger partial charge in [0.25, 0.3) is 6.29 Å². The van der Waals surface area contributed by atoms with Gasteiger partial charge in [-0.3, -0.25) is 0 Å². The van der Waals surface area contributed by atoms with E-state index < -0.39 is 0 Å². The van der Waals surface area contributed by atoms with Crippen molar-refractivity contribution in [1.29, 1.82) is 0 Å². The van der Waals surface area contributed by atoms with Gasteiger partial charge in [-0.1, -0.05) is 0 Å². The summed E-state index contributed by atoms with van der Waals surface area (Å²) in [5.74, 6) is 0. The van der Waals surface area contributed by atoms with E-state index in [1.807, 2.05) is 26.0 Å². The molecule has 14 heavy (non-hydrogen) atoms. The number of ether oxygens (including phenoxy) is 2. The van der Waals surface area contributed by atoms with Crippen molar-refractivity contribution in [3.05, 3.63) is 41.3 Å². The average molecular weight is 191 g/mol. The fourth-order valence-electron chi connectivity index (χ4n) is 1.50. The molecule has 0 unspecified atom stereocenters. The van der Waals surface area contributed by atoms with E-state index in [9.17, 15) is 0 Å². The molecule has 1 heterocycles. The van der Waals surface area contributed by atoms with Gasteiger partial charge in [0.05, 0.1) is 0 Å². The SMILES string of the molecule is Cc1cc(C2OC=CO2)c(C)cc1N. The Balaban J connectivity index is 2.38. The van der Waals surface area contributed by atoms with Gasteiger partial charge in [0, 0.05) is 11.3 Å². The predicted molar refractivity (Wildman–Crippen MR) is 54.4 cm³/mol. The molecule has 74 valence electrons. The van der Waals surface area contributed by atoms with Crippen LogP contribution in [-0.2, 0) is 9.47 Å². The lowest BCUT2D eigenvalue weighted by atomic mass is 10.0. The molecule has 2 N–H and O–H groups in total. The number of hydrogen-bond donors (Lipinski definition) is 1. The Kier molecular flexibility index (Phi) is 2.08. The summed E-state index contributed by atoms with van der Waals surface area (Å²) in [6, 6.07) is 3.94. The lowest BCUT2D eigenvalue weighted by Gasteiger charge is -2.14. The maximum absolute atomic E-state index is 5.79. The first-order valence-electron chi connectivity index (χ1n) is 4.51. The third-order valence-corrected chi connectivity index (χ3v) is 2.37. The maximum atomic E-state index is 5.79. The number of nitrogens with two attached hydrogens (primary N) is 1. The molecular weight excluding hydrogens is 178 g/mol. The highest BCUT2D eigenvalue weighted by atomic mass is 16.7. The minimum atomic E-state index is -0.311. The van der Waals surface area contributed by atoms with Crippen LogP contribution in [0.2, 0.25) is 0 Å². The van der Waals surface area contributed by atoms with Gasteiger partial charge in [0.1, 0.15) is 12.5 Å². The normalized spacial score (nSPS) is 15.3. The molecule has 0 saturated carbocycles. The van der Waals surface area contributed by atoms with E-state index in [-0.39, 0.29) is 6.29 Å². The van der Waals surface area contributed by atoms with Crippen LogP contribution < -0.4 is 5.73 Å². The van der Waals surface area contributed by atoms with Crippen LogP contribution in [0.25, 0.3) is 0 Å². The standard InChI is InChI=1S/C11H13NO2/c1-7-6-10(12)8(2)5-9(7)11-13-3-4-14-11/h3-6,11H,12H2,1-2H3. The molecule has 0 aliphatic carbocycles. The van der Waals surface area contributed by atoms with Gasteiger partial charge in [-0.2, -0.15) is 0 Å². The Morgan fingerprint density at radius 2 is 1.71 bits per heavy atom. The van der Waals surface area contributed by atoms with E-state index in [1.54, 1.807) is 12.5 Å². The van der Waals surface area contributed by atoms with Gasteiger partial charge >= 0.3 is 0 Å². The zero-order chi connectivity index (χ0) is 10.1. The molecule has 0 saturated heterocycles. The zero-order valence-electron chi connectivity index (χ0n) is 8.28. The van der Waals surface area contributed by atoms with Gasteiger partial charge < -0.3 is 15.2 Å². The number of anilines is 1. The molecule has 2 rings (SSSR count). The van der Waals surface area contributed by atoms with Crippen LogP contribution >= 0.6 is 0 Å². The zero-order valence-corrected chi connectivity index (χ0v) is 8.28. The smallest absolute Gasteiger partial charge is 0.266 e. The quantitative estimate of drug-likeness (QED) is 0.693. The second-order valence-electron chi connectivity index (χ2n) is 3.44. The van der Waals surface area contributed by atoms with Gasteiger partial charge in [-0.15, -0.1) is 0 Å². The number of nitrogen functional groups attached to an aromatic ring is 1. The van der Waals surface area contributed by atoms with E-state index >= 15 is 0 Å². The highest BCUT2D eigenvalue weighted by Gasteiger charge is 2.18. The summed E-state index contributed by atoms with van der Waals surface area (Å²) in [6.07, 6.45) is 2.79. The fourth-order valence-corrected chi connectivity index (χ4v) is 1.50. The number of benzene rings is 1. The van der Waals surface area contributed by atoms with Crippen LogP contribution in [0.5, 0.6) is 0 Å². The molecule has 0 amide bonds. The van der Waals surface area contributed by atoms with Crippen LogP contribution in [0, 0.1) is 13.8 Å². The molecule has 1 aliphatic rings. The van der Waals surface area contributed by atoms with Crippen molar-refractivity contribution in [3.63, 3.8) is 0 Å². The molecule has 0 bridgehead atoms. The van der Waals surface area contributed by atoms with Crippen LogP contribution in [0.4, 0.5) is 5.69 Å². The van der Waals surface area contributed by atoms with E-state index in [2.05, 4.69) is 0 Å². The Morgan fingerprint density at radius 3 is 2.36 bits per heavy atom. The number of hydrogen-bond acceptors (Lipinski definition) is 3. The first kappa shape index (κ1) is 8.94. The number of rotatable bonds is 1. The predicted octanol–water partition coefficient (Wildman–Crippen LogP) is 2.40. The summed E-state index contributed by atoms with van der Waals surface area (Å²) in [7, 11) is 0. The molecule has 0 fully saturated rings. The van der Waals surface area contributed by atoms with Crippen molar-refractivity contribution in [2.45, 2.75) is 20.1 Å². The highest BCUT2D eigenvalue weighted by molar-refractivity contribution is 5.51. The summed E-state index contributed by atoms with van der Waals surface area (Å²) >= 11 is 0. The average Bonchev–Trinajstić information content (AvgIpc) is 2.64. The van der Waals surface area contributed by atoms with Crippen LogP contribution in [0.3, 0.4) is 0 Å². The van der Waals surface area contributed by atoms with Gasteiger partial charge in [-0.25, -0.2) is 0 Å². The Morgan fingerprint density at radius 1 is 1.07 bits per heavy atom. The number of aryl methyl sites for hydroxylation is 2. The second-order valence-corrected chi connectivity index (χ2v) is 3.44. The first-order valence-corrected chi connectivity index (χ1v) is 4.51. The van der Waals surface area contributed by atoms with Crippen molar-refractivity contribution < 1.29 is 9.47 Å². The summed E-state index contributed by atoms with van der Waals surface area (Å²) in [4.78, 5) is 0. The molecule has 3 heteroatoms. The van der Waals surface area contributed by atoms with Crippen molar-refractivity contribution >= 4 is 5.69 Å². The first-order chi connectivity index (χ1) is 6.68.